The smallest absolute Gasteiger partial charge is 0.0948 e. The minimum absolute atomic E-state index is 0.517. The topological polar surface area (TPSA) is 24.9 Å². The van der Waals surface area contributed by atoms with E-state index >= 15 is 0 Å². The molecular weight excluding hydrogens is 216 g/mol. The Bertz CT molecular complexity index is 479. The molecule has 0 fully saturated rings. The van der Waals surface area contributed by atoms with Crippen molar-refractivity contribution >= 4 is 17.0 Å². The fourth-order valence-electron chi connectivity index (χ4n) is 2.21. The van der Waals surface area contributed by atoms with Crippen molar-refractivity contribution in [3.63, 3.8) is 0 Å². The van der Waals surface area contributed by atoms with Gasteiger partial charge in [0.15, 0.2) is 0 Å². The summed E-state index contributed by atoms with van der Waals surface area (Å²) in [6.45, 7) is 2.05. The Balaban J connectivity index is 1.72. The number of nitrogens with one attached hydrogen (secondary N) is 1. The summed E-state index contributed by atoms with van der Waals surface area (Å²) in [7, 11) is 0. The van der Waals surface area contributed by atoms with E-state index in [0.717, 1.165) is 18.5 Å². The lowest BCUT2D eigenvalue weighted by Gasteiger charge is -2.08. The monoisotopic (exact) mass is 230 g/mol. The predicted molar refractivity (Wildman–Crippen MR) is 68.1 cm³/mol. The first kappa shape index (κ1) is 9.85. The Morgan fingerprint density at radius 1 is 1.44 bits per heavy atom. The number of hydrogen-bond acceptors (Lipinski definition) is 3. The summed E-state index contributed by atoms with van der Waals surface area (Å²) in [6, 6.07) is 9.07. The molecule has 16 heavy (non-hydrogen) atoms. The fourth-order valence-corrected chi connectivity index (χ4v) is 3.06. The van der Waals surface area contributed by atoms with Crippen LogP contribution in [0.15, 0.2) is 29.6 Å². The van der Waals surface area contributed by atoms with Gasteiger partial charge in [-0.2, -0.15) is 0 Å². The zero-order valence-electron chi connectivity index (χ0n) is 9.23. The predicted octanol–water partition coefficient (Wildman–Crippen LogP) is 3.03. The number of thiazole rings is 1. The number of anilines is 1. The van der Waals surface area contributed by atoms with Gasteiger partial charge in [-0.1, -0.05) is 18.2 Å². The molecule has 1 N–H and O–H groups in total. The number of benzene rings is 1. The van der Waals surface area contributed by atoms with Crippen molar-refractivity contribution in [1.82, 2.24) is 4.98 Å². The number of nitrogens with zero attached hydrogens (tertiary/aromatic N) is 1. The zero-order valence-corrected chi connectivity index (χ0v) is 10.1. The average Bonchev–Trinajstić information content (AvgIpc) is 2.84. The zero-order chi connectivity index (χ0) is 11.0. The van der Waals surface area contributed by atoms with Gasteiger partial charge in [0.05, 0.1) is 5.01 Å². The molecule has 2 nitrogen and oxygen atoms in total. The van der Waals surface area contributed by atoms with Crippen LogP contribution in [0.2, 0.25) is 0 Å². The van der Waals surface area contributed by atoms with Crippen LogP contribution in [-0.2, 0) is 12.8 Å². The lowest BCUT2D eigenvalue weighted by Crippen LogP contribution is -2.18. The number of aryl methyl sites for hydroxylation is 1. The quantitative estimate of drug-likeness (QED) is 0.857. The van der Waals surface area contributed by atoms with E-state index in [1.165, 1.54) is 16.3 Å². The highest BCUT2D eigenvalue weighted by Gasteiger charge is 2.20. The first-order valence-corrected chi connectivity index (χ1v) is 6.44. The van der Waals surface area contributed by atoms with E-state index in [2.05, 4.69) is 46.9 Å². The minimum atomic E-state index is 0.517. The van der Waals surface area contributed by atoms with Crippen LogP contribution in [0.3, 0.4) is 0 Å². The van der Waals surface area contributed by atoms with Crippen LogP contribution in [-0.4, -0.2) is 11.0 Å². The molecule has 2 heterocycles. The summed E-state index contributed by atoms with van der Waals surface area (Å²) in [4.78, 5) is 4.52. The van der Waals surface area contributed by atoms with Gasteiger partial charge in [0.2, 0.25) is 0 Å². The van der Waals surface area contributed by atoms with Crippen molar-refractivity contribution < 1.29 is 0 Å². The van der Waals surface area contributed by atoms with Crippen LogP contribution in [0.5, 0.6) is 0 Å². The van der Waals surface area contributed by atoms with Crippen LogP contribution in [0.4, 0.5) is 5.69 Å². The molecule has 0 spiro atoms. The molecule has 0 saturated carbocycles. The van der Waals surface area contributed by atoms with E-state index in [9.17, 15) is 0 Å². The summed E-state index contributed by atoms with van der Waals surface area (Å²) in [6.07, 6.45) is 2.15. The van der Waals surface area contributed by atoms with Gasteiger partial charge < -0.3 is 5.32 Å². The molecule has 0 bridgehead atoms. The second-order valence-electron chi connectivity index (χ2n) is 4.29. The SMILES string of the molecule is Cc1csc(CC2Cc3ccccc3N2)n1. The molecule has 0 radical (unpaired) electrons. The van der Waals surface area contributed by atoms with E-state index in [1.54, 1.807) is 11.3 Å². The standard InChI is InChI=1S/C13H14N2S/c1-9-8-16-13(14-9)7-11-6-10-4-2-3-5-12(10)15-11/h2-5,8,11,15H,6-7H2,1H3. The Kier molecular flexibility index (Phi) is 2.40. The van der Waals surface area contributed by atoms with Crippen LogP contribution < -0.4 is 5.32 Å². The molecule has 3 rings (SSSR count). The van der Waals surface area contributed by atoms with Crippen LogP contribution in [0, 0.1) is 6.92 Å². The van der Waals surface area contributed by atoms with Crippen molar-refractivity contribution in [1.29, 1.82) is 0 Å². The molecule has 2 aromatic rings. The molecular formula is C13H14N2S. The second kappa shape index (κ2) is 3.91. The van der Waals surface area contributed by atoms with Crippen molar-refractivity contribution in [3.05, 3.63) is 45.9 Å². The second-order valence-corrected chi connectivity index (χ2v) is 5.23. The number of hydrogen-bond donors (Lipinski definition) is 1. The van der Waals surface area contributed by atoms with E-state index in [0.29, 0.717) is 6.04 Å². The molecule has 0 saturated heterocycles. The largest absolute Gasteiger partial charge is 0.381 e. The maximum atomic E-state index is 4.52. The normalized spacial score (nSPS) is 18.2. The highest BCUT2D eigenvalue weighted by atomic mass is 32.1. The molecule has 0 aliphatic carbocycles. The average molecular weight is 230 g/mol. The molecule has 3 heteroatoms. The Morgan fingerprint density at radius 3 is 3.06 bits per heavy atom. The molecule has 1 aliphatic rings. The molecule has 0 amide bonds. The number of rotatable bonds is 2. The number of para-hydroxylation sites is 1. The van der Waals surface area contributed by atoms with E-state index in [4.69, 9.17) is 0 Å². The van der Waals surface area contributed by atoms with Crippen LogP contribution >= 0.6 is 11.3 Å². The first-order chi connectivity index (χ1) is 7.81. The van der Waals surface area contributed by atoms with Gasteiger partial charge in [-0.15, -0.1) is 11.3 Å². The molecule has 1 aliphatic heterocycles. The Hall–Kier alpha value is -1.35. The maximum Gasteiger partial charge on any atom is 0.0948 e. The lowest BCUT2D eigenvalue weighted by molar-refractivity contribution is 0.741. The summed E-state index contributed by atoms with van der Waals surface area (Å²) in [5.41, 5.74) is 3.86. The molecule has 1 aromatic heterocycles. The summed E-state index contributed by atoms with van der Waals surface area (Å²) >= 11 is 1.76. The Morgan fingerprint density at radius 2 is 2.31 bits per heavy atom. The lowest BCUT2D eigenvalue weighted by atomic mass is 10.1. The van der Waals surface area contributed by atoms with E-state index < -0.39 is 0 Å². The Labute approximate surface area is 99.4 Å². The fraction of sp³-hybridized carbons (Fsp3) is 0.308. The molecule has 82 valence electrons. The number of aromatic nitrogens is 1. The first-order valence-electron chi connectivity index (χ1n) is 5.57. The molecule has 1 aromatic carbocycles. The third kappa shape index (κ3) is 1.83. The van der Waals surface area contributed by atoms with Gasteiger partial charge >= 0.3 is 0 Å². The van der Waals surface area contributed by atoms with Gasteiger partial charge in [0.1, 0.15) is 0 Å². The molecule has 1 unspecified atom stereocenters. The maximum absolute atomic E-state index is 4.52. The molecule has 1 atom stereocenters. The summed E-state index contributed by atoms with van der Waals surface area (Å²) in [5, 5.41) is 6.92. The highest BCUT2D eigenvalue weighted by Crippen LogP contribution is 2.27. The van der Waals surface area contributed by atoms with Crippen LogP contribution in [0.25, 0.3) is 0 Å². The summed E-state index contributed by atoms with van der Waals surface area (Å²) < 4.78 is 0. The highest BCUT2D eigenvalue weighted by molar-refractivity contribution is 7.09. The van der Waals surface area contributed by atoms with Crippen LogP contribution in [0.1, 0.15) is 16.3 Å². The summed E-state index contributed by atoms with van der Waals surface area (Å²) in [5.74, 6) is 0. The minimum Gasteiger partial charge on any atom is -0.381 e. The van der Waals surface area contributed by atoms with Gasteiger partial charge in [-0.3, -0.25) is 0 Å². The number of fused-ring (bicyclic) bond motifs is 1. The van der Waals surface area contributed by atoms with E-state index in [1.807, 2.05) is 0 Å². The van der Waals surface area contributed by atoms with Crippen molar-refractivity contribution in [2.24, 2.45) is 0 Å². The van der Waals surface area contributed by atoms with E-state index in [-0.39, 0.29) is 0 Å². The third-order valence-corrected chi connectivity index (χ3v) is 3.92. The van der Waals surface area contributed by atoms with Crippen molar-refractivity contribution in [2.75, 3.05) is 5.32 Å². The van der Waals surface area contributed by atoms with Gasteiger partial charge in [0, 0.05) is 29.2 Å². The van der Waals surface area contributed by atoms with Gasteiger partial charge in [-0.25, -0.2) is 4.98 Å². The van der Waals surface area contributed by atoms with Crippen molar-refractivity contribution in [2.45, 2.75) is 25.8 Å². The van der Waals surface area contributed by atoms with Gasteiger partial charge in [0.25, 0.3) is 0 Å². The van der Waals surface area contributed by atoms with Crippen molar-refractivity contribution in [3.8, 4) is 0 Å². The third-order valence-electron chi connectivity index (χ3n) is 2.93. The van der Waals surface area contributed by atoms with Gasteiger partial charge in [-0.05, 0) is 25.0 Å².